The summed E-state index contributed by atoms with van der Waals surface area (Å²) in [5.74, 6) is 0. The Hall–Kier alpha value is -0.240. The highest BCUT2D eigenvalue weighted by molar-refractivity contribution is 4.89. The number of hydrogen-bond acceptors (Lipinski definition) is 6. The summed E-state index contributed by atoms with van der Waals surface area (Å²) >= 11 is 0. The average molecular weight is 192 g/mol. The Balaban J connectivity index is 2.66. The summed E-state index contributed by atoms with van der Waals surface area (Å²) in [7, 11) is 1.28. The average Bonchev–Trinajstić information content (AvgIpc) is 2.12. The molecule has 1 aliphatic rings. The van der Waals surface area contributed by atoms with Crippen LogP contribution in [0.2, 0.25) is 0 Å². The van der Waals surface area contributed by atoms with Crippen LogP contribution in [0, 0.1) is 0 Å². The maximum Gasteiger partial charge on any atom is 0.110 e. The molecule has 0 amide bonds. The van der Waals surface area contributed by atoms with E-state index in [0.717, 1.165) is 0 Å². The minimum Gasteiger partial charge on any atom is -0.829 e. The van der Waals surface area contributed by atoms with Crippen molar-refractivity contribution < 1.29 is 24.8 Å². The number of hydrogen-bond donors (Lipinski definition) is 3. The lowest BCUT2D eigenvalue weighted by Gasteiger charge is -2.45. The second kappa shape index (κ2) is 4.32. The van der Waals surface area contributed by atoms with E-state index in [0.29, 0.717) is 0 Å². The zero-order chi connectivity index (χ0) is 10.0. The molecule has 0 aromatic heterocycles. The molecule has 0 aliphatic carbocycles. The van der Waals surface area contributed by atoms with Gasteiger partial charge in [-0.05, 0) is 0 Å². The molecule has 0 saturated carbocycles. The summed E-state index contributed by atoms with van der Waals surface area (Å²) in [5.41, 5.74) is 5.23. The van der Waals surface area contributed by atoms with E-state index < -0.39 is 30.7 Å². The lowest BCUT2D eigenvalue weighted by atomic mass is 9.99. The Labute approximate surface area is 75.9 Å². The van der Waals surface area contributed by atoms with Gasteiger partial charge in [0, 0.05) is 19.9 Å². The van der Waals surface area contributed by atoms with E-state index in [1.807, 2.05) is 0 Å². The second-order valence-corrected chi connectivity index (χ2v) is 2.96. The van der Waals surface area contributed by atoms with Gasteiger partial charge in [0.1, 0.15) is 12.2 Å². The van der Waals surface area contributed by atoms with E-state index in [2.05, 4.69) is 0 Å². The van der Waals surface area contributed by atoms with Gasteiger partial charge < -0.3 is 30.5 Å². The Morgan fingerprint density at radius 1 is 1.46 bits per heavy atom. The molecule has 1 aliphatic heterocycles. The number of aliphatic hydroxyl groups excluding tert-OH is 2. The third-order valence-electron chi connectivity index (χ3n) is 2.15. The Kier molecular flexibility index (Phi) is 3.60. The van der Waals surface area contributed by atoms with Gasteiger partial charge in [0.15, 0.2) is 0 Å². The van der Waals surface area contributed by atoms with Crippen molar-refractivity contribution in [3.8, 4) is 0 Å². The van der Waals surface area contributed by atoms with E-state index >= 15 is 0 Å². The highest BCUT2D eigenvalue weighted by atomic mass is 16.7. The van der Waals surface area contributed by atoms with Crippen LogP contribution in [0.15, 0.2) is 0 Å². The van der Waals surface area contributed by atoms with Crippen LogP contribution in [0.4, 0.5) is 0 Å². The topological polar surface area (TPSA) is 108 Å². The van der Waals surface area contributed by atoms with Gasteiger partial charge in [0.2, 0.25) is 0 Å². The van der Waals surface area contributed by atoms with E-state index in [1.54, 1.807) is 0 Å². The Morgan fingerprint density at radius 3 is 2.54 bits per heavy atom. The van der Waals surface area contributed by atoms with Crippen molar-refractivity contribution in [2.45, 2.75) is 30.7 Å². The molecule has 1 rings (SSSR count). The van der Waals surface area contributed by atoms with Gasteiger partial charge >= 0.3 is 0 Å². The first-order valence-corrected chi connectivity index (χ1v) is 4.02. The molecule has 78 valence electrons. The quantitative estimate of drug-likeness (QED) is 0.424. The lowest BCUT2D eigenvalue weighted by Crippen LogP contribution is -2.63. The molecule has 6 heteroatoms. The largest absolute Gasteiger partial charge is 0.829 e. The predicted octanol–water partition coefficient (Wildman–Crippen LogP) is -3.23. The van der Waals surface area contributed by atoms with Crippen LogP contribution < -0.4 is 10.8 Å². The number of methoxy groups -OCH3 is 1. The minimum absolute atomic E-state index is 0.00655. The maximum atomic E-state index is 11.2. The van der Waals surface area contributed by atoms with Gasteiger partial charge in [0.25, 0.3) is 0 Å². The van der Waals surface area contributed by atoms with Crippen LogP contribution in [0.5, 0.6) is 0 Å². The summed E-state index contributed by atoms with van der Waals surface area (Å²) < 4.78 is 9.50. The first-order valence-electron chi connectivity index (χ1n) is 4.02. The lowest BCUT2D eigenvalue weighted by molar-refractivity contribution is -0.532. The van der Waals surface area contributed by atoms with Crippen molar-refractivity contribution in [2.75, 3.05) is 13.7 Å². The highest BCUT2D eigenvalue weighted by Crippen LogP contribution is 2.19. The Morgan fingerprint density at radius 2 is 2.08 bits per heavy atom. The monoisotopic (exact) mass is 192 g/mol. The smallest absolute Gasteiger partial charge is 0.110 e. The van der Waals surface area contributed by atoms with Gasteiger partial charge in [-0.2, -0.15) is 0 Å². The van der Waals surface area contributed by atoms with Crippen molar-refractivity contribution in [1.82, 2.24) is 0 Å². The van der Waals surface area contributed by atoms with Crippen molar-refractivity contribution in [3.63, 3.8) is 0 Å². The van der Waals surface area contributed by atoms with E-state index in [9.17, 15) is 15.3 Å². The molecule has 6 nitrogen and oxygen atoms in total. The van der Waals surface area contributed by atoms with Crippen LogP contribution in [0.25, 0.3) is 0 Å². The molecule has 0 radical (unpaired) electrons. The van der Waals surface area contributed by atoms with Crippen LogP contribution in [-0.2, 0) is 9.47 Å². The van der Waals surface area contributed by atoms with Crippen LogP contribution in [0.1, 0.15) is 0 Å². The van der Waals surface area contributed by atoms with Crippen molar-refractivity contribution in [3.05, 3.63) is 0 Å². The third kappa shape index (κ3) is 1.98. The van der Waals surface area contributed by atoms with E-state index in [-0.39, 0.29) is 6.54 Å². The Bertz CT molecular complexity index is 167. The fraction of sp³-hybridized carbons (Fsp3) is 1.00. The first-order chi connectivity index (χ1) is 6.11. The molecule has 1 saturated heterocycles. The molecule has 0 bridgehead atoms. The highest BCUT2D eigenvalue weighted by Gasteiger charge is 2.39. The molecule has 0 unspecified atom stereocenters. The maximum absolute atomic E-state index is 11.2. The van der Waals surface area contributed by atoms with Crippen LogP contribution in [-0.4, -0.2) is 54.6 Å². The fourth-order valence-electron chi connectivity index (χ4n) is 1.35. The summed E-state index contributed by atoms with van der Waals surface area (Å²) in [6, 6.07) is 0. The molecule has 0 aromatic rings. The van der Waals surface area contributed by atoms with Crippen LogP contribution >= 0.6 is 0 Å². The van der Waals surface area contributed by atoms with Crippen molar-refractivity contribution >= 4 is 0 Å². The molecule has 1 fully saturated rings. The minimum atomic E-state index is -1.50. The zero-order valence-corrected chi connectivity index (χ0v) is 7.29. The van der Waals surface area contributed by atoms with Gasteiger partial charge in [-0.1, -0.05) is 0 Å². The van der Waals surface area contributed by atoms with Gasteiger partial charge in [-0.25, -0.2) is 0 Å². The molecular formula is C7H14NO5-. The molecule has 0 aromatic carbocycles. The fourth-order valence-corrected chi connectivity index (χ4v) is 1.35. The van der Waals surface area contributed by atoms with Gasteiger partial charge in [-0.15, -0.1) is 0 Å². The molecule has 4 N–H and O–H groups in total. The van der Waals surface area contributed by atoms with Gasteiger partial charge in [0.05, 0.1) is 12.2 Å². The number of aliphatic hydroxyl groups is 2. The first kappa shape index (κ1) is 10.8. The number of ether oxygens (including phenoxy) is 2. The molecule has 5 atom stereocenters. The number of rotatable bonds is 2. The molecule has 13 heavy (non-hydrogen) atoms. The van der Waals surface area contributed by atoms with Crippen molar-refractivity contribution in [1.29, 1.82) is 0 Å². The van der Waals surface area contributed by atoms with E-state index in [4.69, 9.17) is 15.2 Å². The van der Waals surface area contributed by atoms with Gasteiger partial charge in [-0.3, -0.25) is 0 Å². The molecule has 0 spiro atoms. The summed E-state index contributed by atoms with van der Waals surface area (Å²) in [6.07, 6.45) is -5.77. The van der Waals surface area contributed by atoms with Crippen molar-refractivity contribution in [2.24, 2.45) is 5.73 Å². The second-order valence-electron chi connectivity index (χ2n) is 2.96. The summed E-state index contributed by atoms with van der Waals surface area (Å²) in [5, 5.41) is 29.9. The normalized spacial score (nSPS) is 46.4. The summed E-state index contributed by atoms with van der Waals surface area (Å²) in [4.78, 5) is 0. The number of nitrogens with two attached hydrogens (primary N) is 1. The predicted molar refractivity (Wildman–Crippen MR) is 40.5 cm³/mol. The standard InChI is InChI=1S/C7H14NO5/c1-12-6-5(10)4(9)3(2-8)13-7(6)11/h3-7,9-10H,2,8H2,1H3/q-1/t3-,4+,5+,6-,7-/m1/s1. The molecule has 1 heterocycles. The SMILES string of the molecule is CO[C@@H]1[C@@H](O)[C@@H](O)[C@@H](CN)O[C@H]1[O-]. The molecular weight excluding hydrogens is 178 g/mol. The third-order valence-corrected chi connectivity index (χ3v) is 2.15. The summed E-state index contributed by atoms with van der Waals surface area (Å²) in [6.45, 7) is -0.00655. The zero-order valence-electron chi connectivity index (χ0n) is 7.29. The van der Waals surface area contributed by atoms with Crippen LogP contribution in [0.3, 0.4) is 0 Å². The van der Waals surface area contributed by atoms with E-state index in [1.165, 1.54) is 7.11 Å².